The zero-order valence-corrected chi connectivity index (χ0v) is 16.8. The maximum absolute atomic E-state index is 2.27. The molecule has 0 spiro atoms. The van der Waals surface area contributed by atoms with Crippen molar-refractivity contribution in [3.05, 3.63) is 84.9 Å². The van der Waals surface area contributed by atoms with Gasteiger partial charge in [0.05, 0.1) is 0 Å². The molecule has 0 radical (unpaired) electrons. The second kappa shape index (κ2) is 10.6. The predicted octanol–water partition coefficient (Wildman–Crippen LogP) is 3.02. The summed E-state index contributed by atoms with van der Waals surface area (Å²) < 4.78 is 0. The number of hydrogen-bond donors (Lipinski definition) is 0. The van der Waals surface area contributed by atoms with Crippen LogP contribution in [0.4, 0.5) is 0 Å². The van der Waals surface area contributed by atoms with E-state index in [4.69, 9.17) is 0 Å². The van der Waals surface area contributed by atoms with Gasteiger partial charge in [-0.3, -0.25) is 0 Å². The van der Waals surface area contributed by atoms with E-state index in [1.54, 1.807) is 0 Å². The van der Waals surface area contributed by atoms with Gasteiger partial charge in [-0.2, -0.15) is 35.0 Å². The van der Waals surface area contributed by atoms with Crippen molar-refractivity contribution < 1.29 is 33.0 Å². The van der Waals surface area contributed by atoms with Crippen LogP contribution in [0, 0.1) is 0 Å². The Morgan fingerprint density at radius 1 is 0.739 bits per heavy atom. The third-order valence-electron chi connectivity index (χ3n) is 3.10. The number of fused-ring (bicyclic) bond motifs is 2. The Kier molecular flexibility index (Phi) is 9.20. The number of halogens is 1. The Morgan fingerprint density at radius 2 is 1.09 bits per heavy atom. The number of hydrogen-bond acceptors (Lipinski definition) is 0. The first-order valence-corrected chi connectivity index (χ1v) is 12.2. The van der Waals surface area contributed by atoms with Crippen molar-refractivity contribution in [3.63, 3.8) is 0 Å². The van der Waals surface area contributed by atoms with Crippen molar-refractivity contribution in [2.45, 2.75) is 13.1 Å². The largest absolute Gasteiger partial charge is 1.00 e. The standard InChI is InChI=1S/2C9H7.C2H6Si.ClH.Ti.H/c2*1-2-5-9-7-3-6-8(9)4-1;1-3-2;;;/h2*1-7H;1-2H3;1H;;/q2*-1;;;+2;-1/p-1. The van der Waals surface area contributed by atoms with Gasteiger partial charge in [-0.25, -0.2) is 0 Å². The van der Waals surface area contributed by atoms with Crippen LogP contribution in [0.25, 0.3) is 21.5 Å². The molecule has 0 amide bonds. The van der Waals surface area contributed by atoms with E-state index in [-0.39, 0.29) is 20.0 Å². The topological polar surface area (TPSA) is 0 Å². The predicted molar refractivity (Wildman–Crippen MR) is 97.7 cm³/mol. The van der Waals surface area contributed by atoms with Gasteiger partial charge in [0.1, 0.15) is 0 Å². The van der Waals surface area contributed by atoms with Crippen LogP contribution in [0.1, 0.15) is 1.43 Å². The molecular formula is C20H21ClSiTi-2. The molecule has 23 heavy (non-hydrogen) atoms. The maximum Gasteiger partial charge on any atom is -0.0809 e. The summed E-state index contributed by atoms with van der Waals surface area (Å²) in [6.45, 7) is 4.54. The summed E-state index contributed by atoms with van der Waals surface area (Å²) in [6.07, 6.45) is 0.120. The van der Waals surface area contributed by atoms with Crippen LogP contribution in [0.15, 0.2) is 84.9 Å². The average Bonchev–Trinajstić information content (AvgIpc) is 3.16. The van der Waals surface area contributed by atoms with E-state index in [2.05, 4.69) is 117 Å². The van der Waals surface area contributed by atoms with Gasteiger partial charge in [0.25, 0.3) is 0 Å². The third-order valence-corrected chi connectivity index (χ3v) is 3.10. The first-order valence-electron chi connectivity index (χ1n) is 7.39. The molecule has 0 saturated heterocycles. The summed E-state index contributed by atoms with van der Waals surface area (Å²) in [7, 11) is 0. The quantitative estimate of drug-likeness (QED) is 0.329. The molecule has 0 aliphatic rings. The molecule has 0 N–H and O–H groups in total. The van der Waals surface area contributed by atoms with Gasteiger partial charge in [-0.15, -0.1) is 59.3 Å². The second-order valence-corrected chi connectivity index (χ2v) is 12.0. The van der Waals surface area contributed by atoms with Crippen LogP contribution >= 0.6 is 0 Å². The SMILES string of the molecule is C[Si](C)=[Ti+2].[Cl-].[H-].c1ccc2[cH-]ccc2c1.c1ccc2[cH-]ccc2c1. The monoisotopic (exact) mass is 372 g/mol. The summed E-state index contributed by atoms with van der Waals surface area (Å²) >= 11 is 2.27. The Hall–Kier alpha value is -1.12. The maximum atomic E-state index is 2.27. The molecule has 0 nitrogen and oxygen atoms in total. The van der Waals surface area contributed by atoms with E-state index in [1.165, 1.54) is 21.5 Å². The zero-order valence-electron chi connectivity index (χ0n) is 14.5. The van der Waals surface area contributed by atoms with E-state index >= 15 is 0 Å². The van der Waals surface area contributed by atoms with Gasteiger partial charge in [-0.05, 0) is 0 Å². The van der Waals surface area contributed by atoms with Crippen molar-refractivity contribution in [2.24, 2.45) is 0 Å². The fourth-order valence-electron chi connectivity index (χ4n) is 2.14. The van der Waals surface area contributed by atoms with Gasteiger partial charge < -0.3 is 13.8 Å². The van der Waals surface area contributed by atoms with Crippen LogP contribution in [0.3, 0.4) is 0 Å². The van der Waals surface area contributed by atoms with Crippen molar-refractivity contribution >= 4 is 27.7 Å². The summed E-state index contributed by atoms with van der Waals surface area (Å²) in [4.78, 5) is 0. The normalized spacial score (nSPS) is 9.22. The number of benzene rings is 2. The van der Waals surface area contributed by atoms with Crippen molar-refractivity contribution in [1.29, 1.82) is 0 Å². The van der Waals surface area contributed by atoms with Crippen LogP contribution < -0.4 is 12.4 Å². The fourth-order valence-corrected chi connectivity index (χ4v) is 2.14. The summed E-state index contributed by atoms with van der Waals surface area (Å²) in [6, 6.07) is 29.3. The average molecular weight is 373 g/mol. The molecule has 4 aromatic rings. The van der Waals surface area contributed by atoms with Crippen molar-refractivity contribution in [2.75, 3.05) is 0 Å². The molecule has 118 valence electrons. The third kappa shape index (κ3) is 6.89. The van der Waals surface area contributed by atoms with Crippen LogP contribution in [0.5, 0.6) is 0 Å². The van der Waals surface area contributed by atoms with E-state index in [0.717, 1.165) is 0 Å². The van der Waals surface area contributed by atoms with Gasteiger partial charge in [0.15, 0.2) is 0 Å². The molecule has 3 heteroatoms. The molecule has 0 bridgehead atoms. The molecule has 0 aliphatic heterocycles. The van der Waals surface area contributed by atoms with Crippen molar-refractivity contribution in [3.8, 4) is 0 Å². The van der Waals surface area contributed by atoms with Gasteiger partial charge in [-0.1, -0.05) is 12.1 Å². The molecule has 4 rings (SSSR count). The molecule has 0 heterocycles. The van der Waals surface area contributed by atoms with Gasteiger partial charge in [0, 0.05) is 0 Å². The molecule has 0 atom stereocenters. The first-order chi connectivity index (χ1) is 10.7. The van der Waals surface area contributed by atoms with Gasteiger partial charge >= 0.3 is 38.5 Å². The molecule has 0 aromatic heterocycles. The van der Waals surface area contributed by atoms with E-state index < -0.39 is 0 Å². The molecule has 0 fully saturated rings. The fraction of sp³-hybridized carbons (Fsp3) is 0.100. The molecule has 0 saturated carbocycles. The van der Waals surface area contributed by atoms with Crippen LogP contribution in [-0.4, -0.2) is 6.19 Å². The molecule has 0 unspecified atom stereocenters. The minimum atomic E-state index is 0. The Balaban J connectivity index is 0.000000341. The molecule has 0 aliphatic carbocycles. The van der Waals surface area contributed by atoms with Crippen LogP contribution in [0.2, 0.25) is 13.1 Å². The Labute approximate surface area is 158 Å². The van der Waals surface area contributed by atoms with Crippen LogP contribution in [-0.2, 0) is 19.2 Å². The Morgan fingerprint density at radius 3 is 1.43 bits per heavy atom. The van der Waals surface area contributed by atoms with E-state index in [1.807, 2.05) is 0 Å². The zero-order chi connectivity index (χ0) is 15.8. The second-order valence-electron chi connectivity index (χ2n) is 5.31. The molecule has 4 aromatic carbocycles. The van der Waals surface area contributed by atoms with E-state index in [9.17, 15) is 0 Å². The minimum absolute atomic E-state index is 0. The smallest absolute Gasteiger partial charge is 0.0809 e. The minimum Gasteiger partial charge on any atom is -1.00 e. The summed E-state index contributed by atoms with van der Waals surface area (Å²) in [5.41, 5.74) is 0. The Bertz CT molecular complexity index is 720. The summed E-state index contributed by atoms with van der Waals surface area (Å²) in [5, 5.41) is 5.32. The van der Waals surface area contributed by atoms with E-state index in [0.29, 0.717) is 0 Å². The van der Waals surface area contributed by atoms with Crippen molar-refractivity contribution in [1.82, 2.24) is 0 Å². The number of rotatable bonds is 0. The first kappa shape index (κ1) is 19.9. The summed E-state index contributed by atoms with van der Waals surface area (Å²) in [5.74, 6) is 0. The van der Waals surface area contributed by atoms with Gasteiger partial charge in [0.2, 0.25) is 0 Å². The molecular weight excluding hydrogens is 352 g/mol.